The lowest BCUT2D eigenvalue weighted by atomic mass is 10.1. The van der Waals surface area contributed by atoms with Gasteiger partial charge in [-0.3, -0.25) is 0 Å². The van der Waals surface area contributed by atoms with E-state index in [2.05, 4.69) is 16.9 Å². The molecule has 7 heteroatoms. The van der Waals surface area contributed by atoms with E-state index >= 15 is 0 Å². The van der Waals surface area contributed by atoms with Gasteiger partial charge in [0.05, 0.1) is 25.5 Å². The highest BCUT2D eigenvalue weighted by Crippen LogP contribution is 2.27. The molecule has 0 amide bonds. The summed E-state index contributed by atoms with van der Waals surface area (Å²) in [7, 11) is 0. The molecule has 2 fully saturated rings. The molecule has 2 heterocycles. The van der Waals surface area contributed by atoms with E-state index < -0.39 is 5.76 Å². The van der Waals surface area contributed by atoms with Crippen LogP contribution in [0.15, 0.2) is 27.4 Å². The molecule has 0 unspecified atom stereocenters. The maximum Gasteiger partial charge on any atom is 0.444 e. The highest BCUT2D eigenvalue weighted by Gasteiger charge is 2.19. The first kappa shape index (κ1) is 16.9. The second-order valence-electron chi connectivity index (χ2n) is 6.47. The van der Waals surface area contributed by atoms with Crippen LogP contribution in [-0.2, 0) is 9.47 Å². The van der Waals surface area contributed by atoms with Crippen LogP contribution >= 0.6 is 0 Å². The smallest absolute Gasteiger partial charge is 0.444 e. The van der Waals surface area contributed by atoms with E-state index in [1.54, 1.807) is 0 Å². The molecule has 1 saturated heterocycles. The second kappa shape index (κ2) is 7.36. The van der Waals surface area contributed by atoms with Gasteiger partial charge in [-0.1, -0.05) is 16.9 Å². The van der Waals surface area contributed by atoms with E-state index in [1.807, 2.05) is 25.1 Å². The fourth-order valence-corrected chi connectivity index (χ4v) is 2.65. The molecule has 26 heavy (non-hydrogen) atoms. The van der Waals surface area contributed by atoms with Gasteiger partial charge in [-0.25, -0.2) is 4.79 Å². The first-order valence-electron chi connectivity index (χ1n) is 8.74. The molecule has 1 aromatic carbocycles. The Morgan fingerprint density at radius 2 is 2.23 bits per heavy atom. The number of ether oxygens (including phenoxy) is 3. The van der Waals surface area contributed by atoms with Gasteiger partial charge in [0.2, 0.25) is 0 Å². The van der Waals surface area contributed by atoms with Gasteiger partial charge in [0.15, 0.2) is 0 Å². The van der Waals surface area contributed by atoms with Crippen molar-refractivity contribution in [1.29, 1.82) is 0 Å². The monoisotopic (exact) mass is 356 g/mol. The molecule has 136 valence electrons. The van der Waals surface area contributed by atoms with Gasteiger partial charge >= 0.3 is 11.8 Å². The molecule has 0 radical (unpaired) electrons. The largest absolute Gasteiger partial charge is 0.446 e. The van der Waals surface area contributed by atoms with E-state index in [-0.39, 0.29) is 18.8 Å². The van der Waals surface area contributed by atoms with Crippen molar-refractivity contribution in [3.63, 3.8) is 0 Å². The van der Waals surface area contributed by atoms with Crippen molar-refractivity contribution in [3.05, 3.63) is 39.9 Å². The number of benzene rings is 1. The van der Waals surface area contributed by atoms with Crippen molar-refractivity contribution in [3.8, 4) is 23.6 Å². The molecule has 1 aliphatic heterocycles. The zero-order valence-corrected chi connectivity index (χ0v) is 14.6. The Morgan fingerprint density at radius 3 is 2.96 bits per heavy atom. The summed E-state index contributed by atoms with van der Waals surface area (Å²) in [6.07, 6.45) is 2.12. The van der Waals surface area contributed by atoms with Crippen LogP contribution in [-0.4, -0.2) is 42.3 Å². The predicted octanol–water partition coefficient (Wildman–Crippen LogP) is 1.69. The Balaban J connectivity index is 1.48. The summed E-state index contributed by atoms with van der Waals surface area (Å²) in [5, 5.41) is 4.12. The molecule has 2 aliphatic rings. The Bertz CT molecular complexity index is 895. The first-order chi connectivity index (χ1) is 12.7. The van der Waals surface area contributed by atoms with Crippen molar-refractivity contribution in [2.24, 2.45) is 5.92 Å². The third-order valence-corrected chi connectivity index (χ3v) is 4.23. The molecule has 1 saturated carbocycles. The lowest BCUT2D eigenvalue weighted by molar-refractivity contribution is -0.103. The zero-order chi connectivity index (χ0) is 17.9. The van der Waals surface area contributed by atoms with E-state index in [0.29, 0.717) is 31.4 Å². The molecular weight excluding hydrogens is 336 g/mol. The van der Waals surface area contributed by atoms with Crippen LogP contribution in [0.5, 0.6) is 6.08 Å². The van der Waals surface area contributed by atoms with E-state index in [0.717, 1.165) is 11.1 Å². The Morgan fingerprint density at radius 1 is 1.35 bits per heavy atom. The lowest BCUT2D eigenvalue weighted by Gasteiger charge is -2.21. The molecule has 1 aliphatic carbocycles. The minimum absolute atomic E-state index is 0.0822. The van der Waals surface area contributed by atoms with Crippen LogP contribution in [0.1, 0.15) is 24.0 Å². The summed E-state index contributed by atoms with van der Waals surface area (Å²) in [5.74, 6) is 6.35. The number of aryl methyl sites for hydroxylation is 1. The van der Waals surface area contributed by atoms with Crippen molar-refractivity contribution in [2.45, 2.75) is 25.9 Å². The topological polar surface area (TPSA) is 75.7 Å². The number of hydrogen-bond donors (Lipinski definition) is 0. The summed E-state index contributed by atoms with van der Waals surface area (Å²) >= 11 is 0. The third-order valence-electron chi connectivity index (χ3n) is 4.23. The summed E-state index contributed by atoms with van der Waals surface area (Å²) in [4.78, 5) is 12.1. The van der Waals surface area contributed by atoms with Gasteiger partial charge in [0.1, 0.15) is 12.7 Å². The van der Waals surface area contributed by atoms with Crippen LogP contribution in [0.3, 0.4) is 0 Å². The number of nitrogens with zero attached hydrogens (tertiary/aromatic N) is 2. The van der Waals surface area contributed by atoms with Gasteiger partial charge in [-0.05, 0) is 43.5 Å². The number of aromatic nitrogens is 2. The van der Waals surface area contributed by atoms with Gasteiger partial charge in [0, 0.05) is 11.5 Å². The fraction of sp³-hybridized carbons (Fsp3) is 0.474. The summed E-state index contributed by atoms with van der Waals surface area (Å²) < 4.78 is 22.5. The van der Waals surface area contributed by atoms with Crippen LogP contribution in [0, 0.1) is 24.7 Å². The van der Waals surface area contributed by atoms with Crippen molar-refractivity contribution in [2.75, 3.05) is 26.4 Å². The molecule has 4 rings (SSSR count). The Kier molecular flexibility index (Phi) is 4.78. The SMILES string of the molecule is Cc1cc(C#CC2CC2)ccc1-n1nc(OC[C@H]2COCCO2)oc1=O. The van der Waals surface area contributed by atoms with Crippen LogP contribution in [0.4, 0.5) is 0 Å². The molecule has 0 bridgehead atoms. The van der Waals surface area contributed by atoms with Crippen LogP contribution in [0.2, 0.25) is 0 Å². The number of rotatable bonds is 4. The standard InChI is InChI=1S/C19H20N2O5/c1-13-10-15(5-4-14-2-3-14)6-7-17(13)21-19(22)26-18(20-21)25-12-16-11-23-8-9-24-16/h6-7,10,14,16H,2-3,8-9,11-12H2,1H3/t16-/m1/s1. The molecule has 0 N–H and O–H groups in total. The quantitative estimate of drug-likeness (QED) is 0.776. The van der Waals surface area contributed by atoms with E-state index in [4.69, 9.17) is 18.6 Å². The van der Waals surface area contributed by atoms with Crippen LogP contribution < -0.4 is 10.5 Å². The molecule has 2 aromatic rings. The summed E-state index contributed by atoms with van der Waals surface area (Å²) in [6, 6.07) is 5.64. The van der Waals surface area contributed by atoms with E-state index in [1.165, 1.54) is 17.5 Å². The fourth-order valence-electron chi connectivity index (χ4n) is 2.65. The molecule has 1 atom stereocenters. The number of hydrogen-bond acceptors (Lipinski definition) is 6. The molecular formula is C19H20N2O5. The van der Waals surface area contributed by atoms with Gasteiger partial charge in [-0.15, -0.1) is 0 Å². The van der Waals surface area contributed by atoms with Crippen molar-refractivity contribution < 1.29 is 18.6 Å². The minimum atomic E-state index is -0.597. The highest BCUT2D eigenvalue weighted by atomic mass is 16.6. The zero-order valence-electron chi connectivity index (χ0n) is 14.6. The molecule has 0 spiro atoms. The lowest BCUT2D eigenvalue weighted by Crippen LogP contribution is -2.33. The van der Waals surface area contributed by atoms with Gasteiger partial charge < -0.3 is 18.6 Å². The average molecular weight is 356 g/mol. The Hall–Kier alpha value is -2.56. The summed E-state index contributed by atoms with van der Waals surface area (Å²) in [6.45, 7) is 3.69. The first-order valence-corrected chi connectivity index (χ1v) is 8.74. The second-order valence-corrected chi connectivity index (χ2v) is 6.47. The molecule has 7 nitrogen and oxygen atoms in total. The van der Waals surface area contributed by atoms with Gasteiger partial charge in [0.25, 0.3) is 0 Å². The maximum atomic E-state index is 12.1. The average Bonchev–Trinajstić information content (AvgIpc) is 3.41. The molecule has 1 aromatic heterocycles. The minimum Gasteiger partial charge on any atom is -0.446 e. The van der Waals surface area contributed by atoms with E-state index in [9.17, 15) is 4.79 Å². The van der Waals surface area contributed by atoms with Crippen molar-refractivity contribution >= 4 is 0 Å². The van der Waals surface area contributed by atoms with Crippen molar-refractivity contribution in [1.82, 2.24) is 9.78 Å². The third kappa shape index (κ3) is 3.98. The van der Waals surface area contributed by atoms with Gasteiger partial charge in [-0.2, -0.15) is 4.68 Å². The maximum absolute atomic E-state index is 12.1. The summed E-state index contributed by atoms with van der Waals surface area (Å²) in [5.41, 5.74) is 2.46. The normalized spacial score (nSPS) is 19.7. The predicted molar refractivity (Wildman–Crippen MR) is 92.5 cm³/mol. The Labute approximate surface area is 150 Å². The highest BCUT2D eigenvalue weighted by molar-refractivity contribution is 5.47. The van der Waals surface area contributed by atoms with Crippen LogP contribution in [0.25, 0.3) is 5.69 Å².